The van der Waals surface area contributed by atoms with Crippen LogP contribution in [0.1, 0.15) is 6.42 Å². The van der Waals surface area contributed by atoms with Crippen molar-refractivity contribution in [2.75, 3.05) is 6.61 Å². The zero-order valence-corrected chi connectivity index (χ0v) is 5.92. The highest BCUT2D eigenvalue weighted by atomic mass is 16.6. The minimum Gasteiger partial charge on any atom is -0.396 e. The Labute approximate surface area is 63.8 Å². The molecule has 11 heavy (non-hydrogen) atoms. The highest BCUT2D eigenvalue weighted by Crippen LogP contribution is 2.21. The van der Waals surface area contributed by atoms with Crippen LogP contribution in [-0.2, 0) is 4.74 Å². The normalized spacial score (nSPS) is 44.7. The Kier molecular flexibility index (Phi) is 2.80. The first-order valence-corrected chi connectivity index (χ1v) is 3.47. The van der Waals surface area contributed by atoms with Crippen LogP contribution in [0.25, 0.3) is 0 Å². The summed E-state index contributed by atoms with van der Waals surface area (Å²) in [6, 6.07) is 0. The highest BCUT2D eigenvalue weighted by molar-refractivity contribution is 4.85. The lowest BCUT2D eigenvalue weighted by Crippen LogP contribution is -2.32. The fourth-order valence-electron chi connectivity index (χ4n) is 1.09. The topological polar surface area (TPSA) is 90.2 Å². The minimum atomic E-state index is -1.33. The summed E-state index contributed by atoms with van der Waals surface area (Å²) in [5, 5.41) is 35.4. The van der Waals surface area contributed by atoms with E-state index in [0.29, 0.717) is 0 Å². The fourth-order valence-corrected chi connectivity index (χ4v) is 1.09. The van der Waals surface area contributed by atoms with E-state index in [2.05, 4.69) is 0 Å². The Morgan fingerprint density at radius 2 is 1.73 bits per heavy atom. The molecule has 5 heteroatoms. The van der Waals surface area contributed by atoms with Crippen LogP contribution in [0.5, 0.6) is 0 Å². The Morgan fingerprint density at radius 3 is 2.09 bits per heavy atom. The molecule has 0 unspecified atom stereocenters. The Balaban J connectivity index is 2.45. The Morgan fingerprint density at radius 1 is 1.09 bits per heavy atom. The number of aliphatic hydroxyl groups excluding tert-OH is 4. The van der Waals surface area contributed by atoms with Crippen molar-refractivity contribution < 1.29 is 25.2 Å². The molecule has 0 radical (unpaired) electrons. The van der Waals surface area contributed by atoms with Crippen LogP contribution >= 0.6 is 0 Å². The van der Waals surface area contributed by atoms with Gasteiger partial charge in [0.25, 0.3) is 0 Å². The average Bonchev–Trinajstić information content (AvgIpc) is 2.19. The maximum atomic E-state index is 9.11. The van der Waals surface area contributed by atoms with E-state index in [-0.39, 0.29) is 13.0 Å². The third kappa shape index (κ3) is 1.69. The summed E-state index contributed by atoms with van der Waals surface area (Å²) in [5.41, 5.74) is 0. The van der Waals surface area contributed by atoms with Crippen LogP contribution in [-0.4, -0.2) is 51.6 Å². The van der Waals surface area contributed by atoms with Gasteiger partial charge in [-0.3, -0.25) is 0 Å². The second kappa shape index (κ2) is 3.46. The first kappa shape index (κ1) is 8.89. The molecular formula is C6H12O5. The number of aliphatic hydroxyl groups is 4. The molecule has 66 valence electrons. The number of hydrogen-bond acceptors (Lipinski definition) is 5. The van der Waals surface area contributed by atoms with Crippen LogP contribution in [0.15, 0.2) is 0 Å². The van der Waals surface area contributed by atoms with Gasteiger partial charge in [-0.25, -0.2) is 0 Å². The molecule has 0 bridgehead atoms. The molecule has 1 heterocycles. The van der Waals surface area contributed by atoms with Crippen LogP contribution in [0.4, 0.5) is 0 Å². The van der Waals surface area contributed by atoms with Crippen molar-refractivity contribution in [1.82, 2.24) is 0 Å². The van der Waals surface area contributed by atoms with Gasteiger partial charge in [0, 0.05) is 6.61 Å². The van der Waals surface area contributed by atoms with E-state index < -0.39 is 24.6 Å². The molecule has 0 saturated carbocycles. The molecule has 1 saturated heterocycles. The maximum Gasteiger partial charge on any atom is 0.183 e. The van der Waals surface area contributed by atoms with Crippen molar-refractivity contribution in [2.24, 2.45) is 0 Å². The van der Waals surface area contributed by atoms with Crippen LogP contribution in [0.3, 0.4) is 0 Å². The van der Waals surface area contributed by atoms with Gasteiger partial charge < -0.3 is 25.2 Å². The Bertz CT molecular complexity index is 128. The predicted octanol–water partition coefficient (Wildman–Crippen LogP) is -2.19. The first-order valence-electron chi connectivity index (χ1n) is 3.47. The third-order valence-corrected chi connectivity index (χ3v) is 1.75. The molecule has 4 atom stereocenters. The SMILES string of the molecule is OCC[C@@H]1O[C@H](O)[C@H](O)[C@H]1O. The second-order valence-electron chi connectivity index (χ2n) is 2.56. The van der Waals surface area contributed by atoms with E-state index in [0.717, 1.165) is 0 Å². The third-order valence-electron chi connectivity index (χ3n) is 1.75. The molecule has 1 rings (SSSR count). The standard InChI is InChI=1S/C6H12O5/c7-2-1-3-4(8)5(9)6(10)11-3/h3-10H,1-2H2/t3-,4-,5+,6-/m0/s1. The van der Waals surface area contributed by atoms with Crippen molar-refractivity contribution in [3.63, 3.8) is 0 Å². The lowest BCUT2D eigenvalue weighted by molar-refractivity contribution is -0.129. The molecule has 0 aromatic carbocycles. The summed E-state index contributed by atoms with van der Waals surface area (Å²) < 4.78 is 4.72. The van der Waals surface area contributed by atoms with Gasteiger partial charge in [-0.05, 0) is 6.42 Å². The molecule has 4 N–H and O–H groups in total. The summed E-state index contributed by atoms with van der Waals surface area (Å²) in [6.45, 7) is -0.138. The number of rotatable bonds is 2. The largest absolute Gasteiger partial charge is 0.396 e. The van der Waals surface area contributed by atoms with Crippen molar-refractivity contribution in [1.29, 1.82) is 0 Å². The van der Waals surface area contributed by atoms with Crippen LogP contribution in [0, 0.1) is 0 Å². The second-order valence-corrected chi connectivity index (χ2v) is 2.56. The molecule has 5 nitrogen and oxygen atoms in total. The van der Waals surface area contributed by atoms with E-state index >= 15 is 0 Å². The molecule has 1 fully saturated rings. The smallest absolute Gasteiger partial charge is 0.183 e. The minimum absolute atomic E-state index is 0.138. The quantitative estimate of drug-likeness (QED) is 0.372. The summed E-state index contributed by atoms with van der Waals surface area (Å²) in [6.07, 6.45) is -4.13. The van der Waals surface area contributed by atoms with Crippen molar-refractivity contribution in [3.8, 4) is 0 Å². The summed E-state index contributed by atoms with van der Waals surface area (Å²) >= 11 is 0. The molecule has 0 spiro atoms. The van der Waals surface area contributed by atoms with Crippen LogP contribution in [0.2, 0.25) is 0 Å². The van der Waals surface area contributed by atoms with E-state index in [1.54, 1.807) is 0 Å². The van der Waals surface area contributed by atoms with Gasteiger partial charge >= 0.3 is 0 Å². The lowest BCUT2D eigenvalue weighted by Gasteiger charge is -2.11. The zero-order chi connectivity index (χ0) is 8.43. The molecule has 0 amide bonds. The maximum absolute atomic E-state index is 9.11. The van der Waals surface area contributed by atoms with E-state index in [4.69, 9.17) is 25.2 Å². The van der Waals surface area contributed by atoms with Gasteiger partial charge in [0.1, 0.15) is 12.2 Å². The molecule has 0 aliphatic carbocycles. The molecule has 1 aliphatic rings. The van der Waals surface area contributed by atoms with Gasteiger partial charge in [-0.15, -0.1) is 0 Å². The summed E-state index contributed by atoms with van der Waals surface area (Å²) in [5.74, 6) is 0. The Hall–Kier alpha value is -0.200. The van der Waals surface area contributed by atoms with Gasteiger partial charge in [0.15, 0.2) is 6.29 Å². The fraction of sp³-hybridized carbons (Fsp3) is 1.00. The lowest BCUT2D eigenvalue weighted by atomic mass is 10.1. The number of hydrogen-bond donors (Lipinski definition) is 4. The summed E-state index contributed by atoms with van der Waals surface area (Å²) in [4.78, 5) is 0. The monoisotopic (exact) mass is 164 g/mol. The zero-order valence-electron chi connectivity index (χ0n) is 5.92. The van der Waals surface area contributed by atoms with Crippen molar-refractivity contribution in [3.05, 3.63) is 0 Å². The molecule has 0 aromatic heterocycles. The number of ether oxygens (including phenoxy) is 1. The van der Waals surface area contributed by atoms with Gasteiger partial charge in [0.2, 0.25) is 0 Å². The highest BCUT2D eigenvalue weighted by Gasteiger charge is 2.40. The first-order chi connectivity index (χ1) is 5.16. The van der Waals surface area contributed by atoms with Crippen molar-refractivity contribution in [2.45, 2.75) is 31.0 Å². The van der Waals surface area contributed by atoms with E-state index in [1.807, 2.05) is 0 Å². The van der Waals surface area contributed by atoms with Crippen molar-refractivity contribution >= 4 is 0 Å². The van der Waals surface area contributed by atoms with E-state index in [9.17, 15) is 0 Å². The average molecular weight is 164 g/mol. The predicted molar refractivity (Wildman–Crippen MR) is 34.6 cm³/mol. The molecule has 1 aliphatic heterocycles. The molecule has 0 aromatic rings. The summed E-state index contributed by atoms with van der Waals surface area (Å²) in [7, 11) is 0. The molecular weight excluding hydrogens is 152 g/mol. The van der Waals surface area contributed by atoms with E-state index in [1.165, 1.54) is 0 Å². The van der Waals surface area contributed by atoms with Gasteiger partial charge in [-0.1, -0.05) is 0 Å². The van der Waals surface area contributed by atoms with Gasteiger partial charge in [-0.2, -0.15) is 0 Å². The van der Waals surface area contributed by atoms with Crippen LogP contribution < -0.4 is 0 Å². The van der Waals surface area contributed by atoms with Gasteiger partial charge in [0.05, 0.1) is 6.10 Å².